The van der Waals surface area contributed by atoms with Crippen LogP contribution in [0.25, 0.3) is 11.0 Å². The molecule has 0 aromatic carbocycles. The normalized spacial score (nSPS) is 21.1. The van der Waals surface area contributed by atoms with Crippen LogP contribution < -0.4 is 0 Å². The number of halogens is 1. The fourth-order valence-corrected chi connectivity index (χ4v) is 7.17. The Hall–Kier alpha value is -0.910. The number of alkyl halides is 2. The van der Waals surface area contributed by atoms with E-state index in [0.29, 0.717) is 6.04 Å². The van der Waals surface area contributed by atoms with Crippen molar-refractivity contribution in [2.24, 2.45) is 0 Å². The molecular weight excluding hydrogens is 337 g/mol. The van der Waals surface area contributed by atoms with Crippen molar-refractivity contribution in [1.29, 1.82) is 0 Å². The van der Waals surface area contributed by atoms with Gasteiger partial charge in [0, 0.05) is 0 Å². The predicted octanol–water partition coefficient (Wildman–Crippen LogP) is 3.32. The summed E-state index contributed by atoms with van der Waals surface area (Å²) in [4.78, 5) is 9.43. The molecular formula is C14H16IN3. The molecule has 2 aromatic rings. The van der Waals surface area contributed by atoms with E-state index in [1.54, 1.807) is 0 Å². The van der Waals surface area contributed by atoms with E-state index in [-0.39, 0.29) is 0 Å². The van der Waals surface area contributed by atoms with Gasteiger partial charge in [-0.3, -0.25) is 0 Å². The standard InChI is InChI=1S/C14H16IN3/c1-10-16-13(15-7-8-15)12-6-9-18(14(12)17-10)11-4-2-3-5-11/h2-3,6,9,11H,4-5,7-8H2,1H3. The molecule has 0 amide bonds. The van der Waals surface area contributed by atoms with Gasteiger partial charge in [0.2, 0.25) is 0 Å². The Morgan fingerprint density at radius 1 is 1.22 bits per heavy atom. The van der Waals surface area contributed by atoms with Gasteiger partial charge in [0.05, 0.1) is 0 Å². The molecule has 18 heavy (non-hydrogen) atoms. The van der Waals surface area contributed by atoms with Crippen LogP contribution in [-0.2, 0) is 0 Å². The predicted molar refractivity (Wildman–Crippen MR) is 82.1 cm³/mol. The van der Waals surface area contributed by atoms with Crippen LogP contribution in [0.5, 0.6) is 0 Å². The van der Waals surface area contributed by atoms with Gasteiger partial charge in [0.25, 0.3) is 0 Å². The number of aryl methyl sites for hydroxylation is 1. The molecule has 1 aliphatic heterocycles. The fraction of sp³-hybridized carbons (Fsp3) is 0.429. The van der Waals surface area contributed by atoms with Crippen molar-refractivity contribution in [3.05, 3.63) is 33.9 Å². The number of rotatable bonds is 2. The van der Waals surface area contributed by atoms with Gasteiger partial charge in [-0.25, -0.2) is 0 Å². The second-order valence-corrected chi connectivity index (χ2v) is 10.7. The first kappa shape index (κ1) is 11.0. The van der Waals surface area contributed by atoms with E-state index in [0.717, 1.165) is 18.7 Å². The van der Waals surface area contributed by atoms with Crippen molar-refractivity contribution >= 4 is 30.9 Å². The van der Waals surface area contributed by atoms with Gasteiger partial charge in [0.1, 0.15) is 0 Å². The zero-order valence-electron chi connectivity index (χ0n) is 10.4. The zero-order chi connectivity index (χ0) is 12.1. The van der Waals surface area contributed by atoms with Crippen LogP contribution >= 0.6 is 19.8 Å². The molecule has 2 aliphatic rings. The number of allylic oxidation sites excluding steroid dienone is 2. The Bertz CT molecular complexity index is 632. The minimum atomic E-state index is -0.829. The van der Waals surface area contributed by atoms with Gasteiger partial charge in [-0.1, -0.05) is 0 Å². The van der Waals surface area contributed by atoms with Crippen molar-refractivity contribution in [2.75, 3.05) is 8.86 Å². The van der Waals surface area contributed by atoms with Crippen molar-refractivity contribution in [3.8, 4) is 0 Å². The summed E-state index contributed by atoms with van der Waals surface area (Å²) >= 11 is -0.829. The van der Waals surface area contributed by atoms with Gasteiger partial charge >= 0.3 is 114 Å². The zero-order valence-corrected chi connectivity index (χ0v) is 12.6. The maximum atomic E-state index is 4.73. The van der Waals surface area contributed by atoms with Crippen LogP contribution in [0.1, 0.15) is 24.7 Å². The van der Waals surface area contributed by atoms with Gasteiger partial charge in [-0.2, -0.15) is 0 Å². The summed E-state index contributed by atoms with van der Waals surface area (Å²) in [6, 6.07) is 2.82. The SMILES string of the molecule is Cc1nc(I2CC2)c2ccn(C3CC=CC3)c2n1. The molecule has 4 rings (SSSR count). The molecule has 2 aromatic heterocycles. The Labute approximate surface area is 114 Å². The Kier molecular flexibility index (Phi) is 2.46. The summed E-state index contributed by atoms with van der Waals surface area (Å²) in [5.74, 6) is 0.951. The summed E-state index contributed by atoms with van der Waals surface area (Å²) in [5, 5.41) is 1.34. The van der Waals surface area contributed by atoms with Crippen LogP contribution in [0.3, 0.4) is 0 Å². The molecule has 3 nitrogen and oxygen atoms in total. The third-order valence-corrected chi connectivity index (χ3v) is 8.07. The molecule has 1 aliphatic carbocycles. The number of aromatic nitrogens is 3. The Balaban J connectivity index is 1.89. The van der Waals surface area contributed by atoms with E-state index in [2.05, 4.69) is 29.0 Å². The summed E-state index contributed by atoms with van der Waals surface area (Å²) in [7, 11) is 0. The van der Waals surface area contributed by atoms with E-state index in [4.69, 9.17) is 9.97 Å². The number of hydrogen-bond acceptors (Lipinski definition) is 2. The Morgan fingerprint density at radius 2 is 2.00 bits per heavy atom. The minimum absolute atomic E-state index is 0.577. The van der Waals surface area contributed by atoms with Gasteiger partial charge in [-0.05, 0) is 0 Å². The van der Waals surface area contributed by atoms with Gasteiger partial charge in [-0.15, -0.1) is 0 Å². The molecule has 0 saturated carbocycles. The summed E-state index contributed by atoms with van der Waals surface area (Å²) < 4.78 is 6.70. The number of nitrogens with zero attached hydrogens (tertiary/aromatic N) is 3. The number of fused-ring (bicyclic) bond motifs is 1. The van der Waals surface area contributed by atoms with Crippen LogP contribution in [0.4, 0.5) is 0 Å². The van der Waals surface area contributed by atoms with Crippen molar-refractivity contribution < 1.29 is 0 Å². The summed E-state index contributed by atoms with van der Waals surface area (Å²) in [5.41, 5.74) is 1.18. The molecule has 94 valence electrons. The summed E-state index contributed by atoms with van der Waals surface area (Å²) in [6.07, 6.45) is 9.07. The second kappa shape index (κ2) is 4.05. The molecule has 0 atom stereocenters. The molecule has 0 radical (unpaired) electrons. The molecule has 4 heteroatoms. The van der Waals surface area contributed by atoms with E-state index < -0.39 is 19.8 Å². The molecule has 0 N–H and O–H groups in total. The molecule has 1 fully saturated rings. The molecule has 0 bridgehead atoms. The van der Waals surface area contributed by atoms with E-state index >= 15 is 0 Å². The van der Waals surface area contributed by atoms with Crippen LogP contribution in [0.2, 0.25) is 0 Å². The molecule has 0 unspecified atom stereocenters. The van der Waals surface area contributed by atoms with Crippen molar-refractivity contribution in [2.45, 2.75) is 25.8 Å². The quantitative estimate of drug-likeness (QED) is 0.359. The third-order valence-electron chi connectivity index (χ3n) is 3.64. The van der Waals surface area contributed by atoms with Crippen molar-refractivity contribution in [1.82, 2.24) is 14.5 Å². The van der Waals surface area contributed by atoms with Crippen LogP contribution in [0.15, 0.2) is 24.4 Å². The monoisotopic (exact) mass is 353 g/mol. The summed E-state index contributed by atoms with van der Waals surface area (Å²) in [6.45, 7) is 2.03. The third kappa shape index (κ3) is 1.69. The maximum absolute atomic E-state index is 4.73. The van der Waals surface area contributed by atoms with E-state index in [9.17, 15) is 0 Å². The van der Waals surface area contributed by atoms with Gasteiger partial charge in [0.15, 0.2) is 0 Å². The second-order valence-electron chi connectivity index (χ2n) is 4.95. The van der Waals surface area contributed by atoms with Crippen LogP contribution in [0, 0.1) is 10.6 Å². The first-order valence-electron chi connectivity index (χ1n) is 6.45. The average Bonchev–Trinajstić information content (AvgIpc) is 2.89. The Morgan fingerprint density at radius 3 is 2.72 bits per heavy atom. The first-order valence-corrected chi connectivity index (χ1v) is 10.6. The first-order chi connectivity index (χ1) is 8.83. The average molecular weight is 353 g/mol. The fourth-order valence-electron chi connectivity index (χ4n) is 2.64. The molecule has 3 heterocycles. The van der Waals surface area contributed by atoms with Crippen LogP contribution in [-0.4, -0.2) is 23.4 Å². The topological polar surface area (TPSA) is 30.7 Å². The van der Waals surface area contributed by atoms with E-state index in [1.807, 2.05) is 6.92 Å². The van der Waals surface area contributed by atoms with Gasteiger partial charge < -0.3 is 0 Å². The molecule has 1 saturated heterocycles. The van der Waals surface area contributed by atoms with E-state index in [1.165, 1.54) is 23.6 Å². The van der Waals surface area contributed by atoms with Crippen molar-refractivity contribution in [3.63, 3.8) is 0 Å². The molecule has 0 spiro atoms. The number of hydrogen-bond donors (Lipinski definition) is 0.